The molecule has 1 unspecified atom stereocenters. The maximum atomic E-state index is 12.7. The topological polar surface area (TPSA) is 20.3 Å². The summed E-state index contributed by atoms with van der Waals surface area (Å²) in [6, 6.07) is 0. The van der Waals surface area contributed by atoms with E-state index in [0.29, 0.717) is 11.7 Å². The van der Waals surface area contributed by atoms with Crippen LogP contribution < -0.4 is 0 Å². The van der Waals surface area contributed by atoms with Crippen molar-refractivity contribution in [2.75, 3.05) is 14.1 Å². The molecule has 1 fully saturated rings. The van der Waals surface area contributed by atoms with E-state index in [1.165, 1.54) is 32.1 Å². The number of hydrogen-bond donors (Lipinski definition) is 0. The van der Waals surface area contributed by atoms with Crippen molar-refractivity contribution in [3.63, 3.8) is 0 Å². The van der Waals surface area contributed by atoms with Gasteiger partial charge in [-0.25, -0.2) is 0 Å². The first kappa shape index (κ1) is 15.7. The summed E-state index contributed by atoms with van der Waals surface area (Å²) in [5.74, 6) is 1.11. The summed E-state index contributed by atoms with van der Waals surface area (Å²) in [5, 5.41) is 0. The van der Waals surface area contributed by atoms with Crippen molar-refractivity contribution in [2.24, 2.45) is 5.92 Å². The molecule has 106 valence electrons. The molecule has 2 nitrogen and oxygen atoms in total. The molecule has 0 aromatic heterocycles. The molecule has 0 aromatic carbocycles. The van der Waals surface area contributed by atoms with Crippen molar-refractivity contribution < 1.29 is 4.79 Å². The number of ketones is 1. The molecule has 0 amide bonds. The third-order valence-corrected chi connectivity index (χ3v) is 4.82. The predicted molar refractivity (Wildman–Crippen MR) is 77.8 cm³/mol. The lowest BCUT2D eigenvalue weighted by atomic mass is 9.83. The largest absolute Gasteiger partial charge is 0.298 e. The van der Waals surface area contributed by atoms with Gasteiger partial charge in [0.15, 0.2) is 5.78 Å². The van der Waals surface area contributed by atoms with Gasteiger partial charge >= 0.3 is 0 Å². The minimum atomic E-state index is -0.125. The first-order valence-corrected chi connectivity index (χ1v) is 7.77. The van der Waals surface area contributed by atoms with Crippen molar-refractivity contribution in [2.45, 2.75) is 77.2 Å². The van der Waals surface area contributed by atoms with E-state index in [0.717, 1.165) is 25.7 Å². The first-order chi connectivity index (χ1) is 8.56. The van der Waals surface area contributed by atoms with E-state index in [4.69, 9.17) is 0 Å². The van der Waals surface area contributed by atoms with Gasteiger partial charge in [0.2, 0.25) is 0 Å². The van der Waals surface area contributed by atoms with Crippen LogP contribution in [-0.4, -0.2) is 30.3 Å². The summed E-state index contributed by atoms with van der Waals surface area (Å²) >= 11 is 0. The van der Waals surface area contributed by atoms with Crippen molar-refractivity contribution in [3.8, 4) is 0 Å². The monoisotopic (exact) mass is 253 g/mol. The lowest BCUT2D eigenvalue weighted by Gasteiger charge is -2.35. The molecule has 1 rings (SSSR count). The quantitative estimate of drug-likeness (QED) is 0.651. The highest BCUT2D eigenvalue weighted by molar-refractivity contribution is 5.88. The second kappa shape index (κ2) is 7.28. The molecular weight excluding hydrogens is 222 g/mol. The van der Waals surface area contributed by atoms with Crippen molar-refractivity contribution in [1.82, 2.24) is 4.90 Å². The van der Waals surface area contributed by atoms with Gasteiger partial charge in [0.05, 0.1) is 5.54 Å². The summed E-state index contributed by atoms with van der Waals surface area (Å²) in [6.45, 7) is 4.46. The summed E-state index contributed by atoms with van der Waals surface area (Å²) in [6.07, 6.45) is 10.3. The minimum absolute atomic E-state index is 0.125. The number of hydrogen-bond acceptors (Lipinski definition) is 2. The highest BCUT2D eigenvalue weighted by Gasteiger charge is 2.42. The number of rotatable bonds is 8. The Morgan fingerprint density at radius 1 is 1.22 bits per heavy atom. The van der Waals surface area contributed by atoms with Crippen LogP contribution in [0.15, 0.2) is 0 Å². The second-order valence-electron chi connectivity index (χ2n) is 6.18. The van der Waals surface area contributed by atoms with E-state index in [9.17, 15) is 4.79 Å². The Kier molecular flexibility index (Phi) is 6.34. The molecule has 0 bridgehead atoms. The molecule has 18 heavy (non-hydrogen) atoms. The maximum Gasteiger partial charge on any atom is 0.153 e. The number of Topliss-reactive ketones (excluding diaryl/α,β-unsaturated/α-hetero) is 1. The van der Waals surface area contributed by atoms with Crippen LogP contribution in [0.3, 0.4) is 0 Å². The number of likely N-dealkylation sites (N-methyl/N-ethyl adjacent to an activating group) is 1. The van der Waals surface area contributed by atoms with E-state index in [-0.39, 0.29) is 5.54 Å². The Morgan fingerprint density at radius 2 is 1.83 bits per heavy atom. The van der Waals surface area contributed by atoms with Crippen LogP contribution >= 0.6 is 0 Å². The highest BCUT2D eigenvalue weighted by Crippen LogP contribution is 2.36. The van der Waals surface area contributed by atoms with Gasteiger partial charge in [-0.2, -0.15) is 0 Å². The Labute approximate surface area is 113 Å². The van der Waals surface area contributed by atoms with Gasteiger partial charge in [0.25, 0.3) is 0 Å². The summed E-state index contributed by atoms with van der Waals surface area (Å²) in [4.78, 5) is 14.9. The zero-order valence-electron chi connectivity index (χ0n) is 12.8. The van der Waals surface area contributed by atoms with Crippen LogP contribution in [0, 0.1) is 5.92 Å². The van der Waals surface area contributed by atoms with Crippen LogP contribution in [0.4, 0.5) is 0 Å². The number of carbonyl (C=O) groups excluding carboxylic acids is 1. The predicted octanol–water partition coefficient (Wildman–Crippen LogP) is 4.04. The number of unbranched alkanes of at least 4 members (excludes halogenated alkanes) is 1. The van der Waals surface area contributed by atoms with Gasteiger partial charge in [-0.1, -0.05) is 52.4 Å². The molecule has 0 aromatic rings. The standard InChI is InChI=1S/C16H31NO/c1-5-7-10-14(6-2)13-15(18)16(17(3)4)11-8-9-12-16/h14H,5-13H2,1-4H3. The van der Waals surface area contributed by atoms with E-state index in [1.54, 1.807) is 0 Å². The van der Waals surface area contributed by atoms with Crippen LogP contribution in [0.5, 0.6) is 0 Å². The minimum Gasteiger partial charge on any atom is -0.298 e. The molecule has 1 aliphatic carbocycles. The van der Waals surface area contributed by atoms with E-state index in [1.807, 2.05) is 0 Å². The second-order valence-corrected chi connectivity index (χ2v) is 6.18. The van der Waals surface area contributed by atoms with Gasteiger partial charge in [-0.05, 0) is 32.9 Å². The van der Waals surface area contributed by atoms with E-state index < -0.39 is 0 Å². The smallest absolute Gasteiger partial charge is 0.153 e. The molecule has 1 saturated carbocycles. The third kappa shape index (κ3) is 3.57. The van der Waals surface area contributed by atoms with Gasteiger partial charge < -0.3 is 0 Å². The Bertz CT molecular complexity index is 254. The van der Waals surface area contributed by atoms with Gasteiger partial charge in [-0.3, -0.25) is 9.69 Å². The molecule has 0 N–H and O–H groups in total. The SMILES string of the molecule is CCCCC(CC)CC(=O)C1(N(C)C)CCCC1. The first-order valence-electron chi connectivity index (χ1n) is 7.77. The van der Waals surface area contributed by atoms with Crippen LogP contribution in [-0.2, 0) is 4.79 Å². The summed E-state index contributed by atoms with van der Waals surface area (Å²) < 4.78 is 0. The van der Waals surface area contributed by atoms with Crippen molar-refractivity contribution in [1.29, 1.82) is 0 Å². The van der Waals surface area contributed by atoms with Gasteiger partial charge in [0, 0.05) is 6.42 Å². The average Bonchev–Trinajstić information content (AvgIpc) is 2.84. The summed E-state index contributed by atoms with van der Waals surface area (Å²) in [5.41, 5.74) is -0.125. The Hall–Kier alpha value is -0.370. The fraction of sp³-hybridized carbons (Fsp3) is 0.938. The van der Waals surface area contributed by atoms with E-state index >= 15 is 0 Å². The normalized spacial score (nSPS) is 20.3. The number of carbonyl (C=O) groups is 1. The molecule has 0 radical (unpaired) electrons. The molecular formula is C16H31NO. The van der Waals surface area contributed by atoms with Gasteiger partial charge in [-0.15, -0.1) is 0 Å². The van der Waals surface area contributed by atoms with Crippen molar-refractivity contribution >= 4 is 5.78 Å². The van der Waals surface area contributed by atoms with Gasteiger partial charge in [0.1, 0.15) is 0 Å². The fourth-order valence-corrected chi connectivity index (χ4v) is 3.33. The molecule has 0 aliphatic heterocycles. The molecule has 0 saturated heterocycles. The summed E-state index contributed by atoms with van der Waals surface area (Å²) in [7, 11) is 4.16. The average molecular weight is 253 g/mol. The molecule has 0 heterocycles. The molecule has 0 spiro atoms. The Morgan fingerprint density at radius 3 is 2.28 bits per heavy atom. The fourth-order valence-electron chi connectivity index (χ4n) is 3.33. The zero-order valence-corrected chi connectivity index (χ0v) is 12.8. The molecule has 1 aliphatic rings. The maximum absolute atomic E-state index is 12.7. The lowest BCUT2D eigenvalue weighted by molar-refractivity contribution is -0.130. The zero-order chi connectivity index (χ0) is 13.6. The van der Waals surface area contributed by atoms with Crippen LogP contribution in [0.25, 0.3) is 0 Å². The third-order valence-electron chi connectivity index (χ3n) is 4.82. The van der Waals surface area contributed by atoms with Crippen molar-refractivity contribution in [3.05, 3.63) is 0 Å². The van der Waals surface area contributed by atoms with Crippen LogP contribution in [0.1, 0.15) is 71.6 Å². The van der Waals surface area contributed by atoms with Crippen LogP contribution in [0.2, 0.25) is 0 Å². The Balaban J connectivity index is 2.61. The molecule has 1 atom stereocenters. The van der Waals surface area contributed by atoms with E-state index in [2.05, 4.69) is 32.8 Å². The number of nitrogens with zero attached hydrogens (tertiary/aromatic N) is 1. The lowest BCUT2D eigenvalue weighted by Crippen LogP contribution is -2.49. The highest BCUT2D eigenvalue weighted by atomic mass is 16.1. The molecule has 2 heteroatoms.